The summed E-state index contributed by atoms with van der Waals surface area (Å²) in [4.78, 5) is 11.0. The van der Waals surface area contributed by atoms with Crippen LogP contribution >= 0.6 is 0 Å². The predicted molar refractivity (Wildman–Crippen MR) is 104 cm³/mol. The molecule has 0 aliphatic carbocycles. The second kappa shape index (κ2) is 6.70. The number of hydrogen-bond donors (Lipinski definition) is 3. The number of amidine groups is 1. The number of hydrogen-bond acceptors (Lipinski definition) is 3. The molecule has 0 saturated carbocycles. The van der Waals surface area contributed by atoms with Crippen LogP contribution in [0.1, 0.15) is 21.5 Å². The third-order valence-electron chi connectivity index (χ3n) is 4.79. The Balaban J connectivity index is 1.90. The van der Waals surface area contributed by atoms with E-state index in [1.165, 1.54) is 12.1 Å². The molecule has 0 fully saturated rings. The number of fused-ring (bicyclic) bond motifs is 3. The van der Waals surface area contributed by atoms with Crippen molar-refractivity contribution in [1.29, 1.82) is 10.9 Å². The minimum absolute atomic E-state index is 0.0919. The van der Waals surface area contributed by atoms with Gasteiger partial charge < -0.3 is 9.67 Å². The molecule has 7 heteroatoms. The third-order valence-corrected chi connectivity index (χ3v) is 4.79. The second-order valence-electron chi connectivity index (χ2n) is 6.41. The van der Waals surface area contributed by atoms with Gasteiger partial charge in [0.05, 0.1) is 12.1 Å². The molecule has 0 saturated heterocycles. The van der Waals surface area contributed by atoms with Crippen LogP contribution in [0.25, 0.3) is 21.8 Å². The largest absolute Gasteiger partial charge is 0.478 e. The normalized spacial score (nSPS) is 11.0. The fourth-order valence-corrected chi connectivity index (χ4v) is 3.41. The first kappa shape index (κ1) is 17.5. The van der Waals surface area contributed by atoms with Gasteiger partial charge in [-0.25, -0.2) is 14.7 Å². The van der Waals surface area contributed by atoms with E-state index in [9.17, 15) is 9.18 Å². The highest BCUT2D eigenvalue weighted by Crippen LogP contribution is 2.31. The average Bonchev–Trinajstić information content (AvgIpc) is 3.02. The number of benzene rings is 3. The number of halogens is 1. The summed E-state index contributed by atoms with van der Waals surface area (Å²) in [6, 6.07) is 16.9. The molecule has 1 heterocycles. The highest BCUT2D eigenvalue weighted by molar-refractivity contribution is 6.11. The Morgan fingerprint density at radius 2 is 1.71 bits per heavy atom. The first-order chi connectivity index (χ1) is 13.5. The molecule has 0 unspecified atom stereocenters. The molecule has 0 amide bonds. The van der Waals surface area contributed by atoms with Gasteiger partial charge in [-0.15, -0.1) is 5.11 Å². The molecule has 0 aliphatic rings. The number of nitrogens with one attached hydrogen (secondary N) is 2. The molecule has 138 valence electrons. The lowest BCUT2D eigenvalue weighted by atomic mass is 10.1. The lowest BCUT2D eigenvalue weighted by Crippen LogP contribution is -2.04. The molecule has 4 rings (SSSR count). The SMILES string of the molecule is N=NC(=N)c1ccc2c(c1)c1ccccc1n2Cc1ccc(C(=O)O)cc1F. The Kier molecular flexibility index (Phi) is 4.19. The number of carbonyl (C=O) groups is 1. The van der Waals surface area contributed by atoms with Crippen molar-refractivity contribution in [3.8, 4) is 0 Å². The monoisotopic (exact) mass is 374 g/mol. The summed E-state index contributed by atoms with van der Waals surface area (Å²) in [5, 5.41) is 21.8. The maximum atomic E-state index is 14.5. The lowest BCUT2D eigenvalue weighted by Gasteiger charge is -2.10. The molecule has 0 aliphatic heterocycles. The van der Waals surface area contributed by atoms with Crippen LogP contribution < -0.4 is 0 Å². The van der Waals surface area contributed by atoms with Crippen LogP contribution in [0.3, 0.4) is 0 Å². The fourth-order valence-electron chi connectivity index (χ4n) is 3.41. The van der Waals surface area contributed by atoms with Gasteiger partial charge in [-0.05, 0) is 36.4 Å². The van der Waals surface area contributed by atoms with Gasteiger partial charge in [0.15, 0.2) is 5.84 Å². The molecule has 4 aromatic rings. The maximum absolute atomic E-state index is 14.5. The fraction of sp³-hybridized carbons (Fsp3) is 0.0476. The predicted octanol–water partition coefficient (Wildman–Crippen LogP) is 5.04. The van der Waals surface area contributed by atoms with Crippen LogP contribution in [0, 0.1) is 16.8 Å². The van der Waals surface area contributed by atoms with E-state index in [4.69, 9.17) is 16.0 Å². The van der Waals surface area contributed by atoms with Gasteiger partial charge in [0.2, 0.25) is 0 Å². The summed E-state index contributed by atoms with van der Waals surface area (Å²) in [5.74, 6) is -1.87. The van der Waals surface area contributed by atoms with Crippen LogP contribution in [-0.2, 0) is 6.54 Å². The van der Waals surface area contributed by atoms with Gasteiger partial charge in [0.1, 0.15) is 5.82 Å². The van der Waals surface area contributed by atoms with Crippen LogP contribution in [0.5, 0.6) is 0 Å². The van der Waals surface area contributed by atoms with Crippen molar-refractivity contribution >= 4 is 33.6 Å². The van der Waals surface area contributed by atoms with E-state index in [1.54, 1.807) is 12.1 Å². The number of carboxylic acid groups (broad SMARTS) is 1. The van der Waals surface area contributed by atoms with E-state index in [-0.39, 0.29) is 17.9 Å². The lowest BCUT2D eigenvalue weighted by molar-refractivity contribution is 0.0696. The molecule has 1 aromatic heterocycles. The van der Waals surface area contributed by atoms with Crippen LogP contribution in [0.2, 0.25) is 0 Å². The van der Waals surface area contributed by atoms with Crippen molar-refractivity contribution in [3.05, 3.63) is 83.2 Å². The van der Waals surface area contributed by atoms with Crippen molar-refractivity contribution in [1.82, 2.24) is 4.57 Å². The van der Waals surface area contributed by atoms with Gasteiger partial charge >= 0.3 is 5.97 Å². The smallest absolute Gasteiger partial charge is 0.335 e. The number of para-hydroxylation sites is 1. The first-order valence-corrected chi connectivity index (χ1v) is 8.48. The van der Waals surface area contributed by atoms with Gasteiger partial charge in [-0.3, -0.25) is 5.41 Å². The van der Waals surface area contributed by atoms with Gasteiger partial charge in [0.25, 0.3) is 0 Å². The van der Waals surface area contributed by atoms with E-state index < -0.39 is 11.8 Å². The van der Waals surface area contributed by atoms with Crippen molar-refractivity contribution in [3.63, 3.8) is 0 Å². The van der Waals surface area contributed by atoms with E-state index in [0.29, 0.717) is 11.1 Å². The van der Waals surface area contributed by atoms with Crippen molar-refractivity contribution in [2.24, 2.45) is 5.11 Å². The van der Waals surface area contributed by atoms with Crippen LogP contribution in [-0.4, -0.2) is 21.5 Å². The van der Waals surface area contributed by atoms with Gasteiger partial charge in [0, 0.05) is 32.9 Å². The number of aromatic carboxylic acids is 1. The Bertz CT molecular complexity index is 1280. The number of carboxylic acids is 1. The van der Waals surface area contributed by atoms with E-state index in [1.807, 2.05) is 34.9 Å². The van der Waals surface area contributed by atoms with Crippen molar-refractivity contribution in [2.75, 3.05) is 0 Å². The summed E-state index contributed by atoms with van der Waals surface area (Å²) >= 11 is 0. The zero-order chi connectivity index (χ0) is 19.8. The Morgan fingerprint density at radius 3 is 2.43 bits per heavy atom. The molecule has 6 nitrogen and oxygen atoms in total. The Hall–Kier alpha value is -3.87. The number of rotatable bonds is 4. The maximum Gasteiger partial charge on any atom is 0.335 e. The topological polar surface area (TPSA) is 102 Å². The van der Waals surface area contributed by atoms with Gasteiger partial charge in [-0.1, -0.05) is 24.3 Å². The van der Waals surface area contributed by atoms with Crippen molar-refractivity contribution in [2.45, 2.75) is 6.54 Å². The zero-order valence-electron chi connectivity index (χ0n) is 14.6. The molecule has 3 aromatic carbocycles. The second-order valence-corrected chi connectivity index (χ2v) is 6.41. The molecular formula is C21H15FN4O2. The summed E-state index contributed by atoms with van der Waals surface area (Å²) < 4.78 is 16.4. The average molecular weight is 374 g/mol. The minimum Gasteiger partial charge on any atom is -0.478 e. The molecule has 0 spiro atoms. The highest BCUT2D eigenvalue weighted by atomic mass is 19.1. The van der Waals surface area contributed by atoms with Crippen LogP contribution in [0.4, 0.5) is 4.39 Å². The molecule has 0 atom stereocenters. The van der Waals surface area contributed by atoms with E-state index in [0.717, 1.165) is 27.9 Å². The number of aromatic nitrogens is 1. The Morgan fingerprint density at radius 1 is 1.00 bits per heavy atom. The highest BCUT2D eigenvalue weighted by Gasteiger charge is 2.15. The summed E-state index contributed by atoms with van der Waals surface area (Å²) in [7, 11) is 0. The molecule has 28 heavy (non-hydrogen) atoms. The van der Waals surface area contributed by atoms with E-state index in [2.05, 4.69) is 5.11 Å². The Labute approximate surface area is 158 Å². The van der Waals surface area contributed by atoms with Gasteiger partial charge in [-0.2, -0.15) is 0 Å². The van der Waals surface area contributed by atoms with Crippen molar-refractivity contribution < 1.29 is 14.3 Å². The zero-order valence-corrected chi connectivity index (χ0v) is 14.6. The molecule has 0 radical (unpaired) electrons. The number of nitrogens with zero attached hydrogens (tertiary/aromatic N) is 2. The van der Waals surface area contributed by atoms with Crippen LogP contribution in [0.15, 0.2) is 65.8 Å². The quantitative estimate of drug-likeness (QED) is 0.265. The summed E-state index contributed by atoms with van der Waals surface area (Å²) in [6.07, 6.45) is 0. The minimum atomic E-state index is -1.17. The summed E-state index contributed by atoms with van der Waals surface area (Å²) in [5.41, 5.74) is 9.62. The molecule has 0 bridgehead atoms. The third kappa shape index (κ3) is 2.83. The standard InChI is InChI=1S/C21H15FN4O2/c22-17-10-13(21(27)28)5-6-14(17)11-26-18-4-2-1-3-15(18)16-9-12(20(23)25-24)7-8-19(16)26/h1-10,23-24H,11H2,(H,27,28). The van der Waals surface area contributed by atoms with E-state index >= 15 is 0 Å². The summed E-state index contributed by atoms with van der Waals surface area (Å²) in [6.45, 7) is 0.232. The first-order valence-electron chi connectivity index (χ1n) is 8.48. The molecule has 3 N–H and O–H groups in total. The molecular weight excluding hydrogens is 359 g/mol.